The van der Waals surface area contributed by atoms with E-state index in [1.165, 1.54) is 11.1 Å². The zero-order chi connectivity index (χ0) is 18.6. The van der Waals surface area contributed by atoms with Crippen LogP contribution in [0, 0.1) is 0 Å². The van der Waals surface area contributed by atoms with Crippen LogP contribution in [0.3, 0.4) is 0 Å². The summed E-state index contributed by atoms with van der Waals surface area (Å²) in [4.78, 5) is 12.8. The second-order valence-corrected chi connectivity index (χ2v) is 7.91. The molecule has 0 aromatic heterocycles. The molecule has 0 heterocycles. The van der Waals surface area contributed by atoms with Gasteiger partial charge in [-0.15, -0.1) is 0 Å². The molecule has 3 nitrogen and oxygen atoms in total. The lowest BCUT2D eigenvalue weighted by molar-refractivity contribution is -0.126. The van der Waals surface area contributed by atoms with Crippen LogP contribution in [0.25, 0.3) is 0 Å². The van der Waals surface area contributed by atoms with Crippen LogP contribution in [0.2, 0.25) is 5.02 Å². The topological polar surface area (TPSA) is 55.1 Å². The van der Waals surface area contributed by atoms with E-state index in [4.69, 9.17) is 17.3 Å². The number of nitrogens with one attached hydrogen (secondary N) is 1. The molecule has 1 aliphatic rings. The quantitative estimate of drug-likeness (QED) is 0.789. The third-order valence-electron chi connectivity index (χ3n) is 5.51. The summed E-state index contributed by atoms with van der Waals surface area (Å²) in [6.07, 6.45) is 4.45. The van der Waals surface area contributed by atoms with Crippen molar-refractivity contribution >= 4 is 17.5 Å². The van der Waals surface area contributed by atoms with E-state index in [0.717, 1.165) is 37.1 Å². The number of nitrogens with two attached hydrogens (primary N) is 1. The van der Waals surface area contributed by atoms with E-state index in [1.54, 1.807) is 0 Å². The minimum Gasteiger partial charge on any atom is -0.351 e. The molecule has 0 aliphatic heterocycles. The van der Waals surface area contributed by atoms with Crippen molar-refractivity contribution in [2.75, 3.05) is 0 Å². The molecule has 0 radical (unpaired) electrons. The number of carbonyl (C=O) groups excluding carboxylic acids is 1. The highest BCUT2D eigenvalue weighted by Crippen LogP contribution is 2.29. The van der Waals surface area contributed by atoms with Crippen molar-refractivity contribution in [1.29, 1.82) is 0 Å². The van der Waals surface area contributed by atoms with Gasteiger partial charge in [0.2, 0.25) is 5.91 Å². The molecule has 2 aromatic rings. The van der Waals surface area contributed by atoms with E-state index < -0.39 is 5.54 Å². The average Bonchev–Trinajstić information content (AvgIpc) is 3.10. The Morgan fingerprint density at radius 3 is 2.35 bits per heavy atom. The first-order valence-electron chi connectivity index (χ1n) is 9.37. The molecule has 3 N–H and O–H groups in total. The van der Waals surface area contributed by atoms with Crippen molar-refractivity contribution < 1.29 is 4.79 Å². The Bertz CT molecular complexity index is 724. The van der Waals surface area contributed by atoms with Crippen LogP contribution in [0.5, 0.6) is 0 Å². The minimum absolute atomic E-state index is 0.0124. The maximum atomic E-state index is 12.8. The highest BCUT2D eigenvalue weighted by atomic mass is 35.5. The third-order valence-corrected chi connectivity index (χ3v) is 5.76. The number of benzene rings is 2. The summed E-state index contributed by atoms with van der Waals surface area (Å²) >= 11 is 6.01. The first-order chi connectivity index (χ1) is 12.5. The molecule has 1 saturated carbocycles. The lowest BCUT2D eigenvalue weighted by atomic mass is 9.86. The first-order valence-corrected chi connectivity index (χ1v) is 9.75. The second kappa shape index (κ2) is 8.24. The second-order valence-electron chi connectivity index (χ2n) is 7.47. The lowest BCUT2D eigenvalue weighted by Crippen LogP contribution is -2.55. The number of carbonyl (C=O) groups is 1. The monoisotopic (exact) mass is 370 g/mol. The number of amides is 1. The molecule has 1 aliphatic carbocycles. The normalized spacial score (nSPS) is 18.3. The van der Waals surface area contributed by atoms with Crippen molar-refractivity contribution in [2.45, 2.75) is 56.5 Å². The average molecular weight is 371 g/mol. The van der Waals surface area contributed by atoms with Crippen LogP contribution in [-0.4, -0.2) is 17.5 Å². The largest absolute Gasteiger partial charge is 0.351 e. The van der Waals surface area contributed by atoms with E-state index in [0.29, 0.717) is 0 Å². The molecule has 138 valence electrons. The Kier molecular flexibility index (Phi) is 6.00. The predicted molar refractivity (Wildman–Crippen MR) is 107 cm³/mol. The van der Waals surface area contributed by atoms with Gasteiger partial charge in [0, 0.05) is 17.0 Å². The van der Waals surface area contributed by atoms with E-state index in [2.05, 4.69) is 24.4 Å². The molecule has 3 rings (SSSR count). The zero-order valence-corrected chi connectivity index (χ0v) is 16.0. The highest BCUT2D eigenvalue weighted by molar-refractivity contribution is 6.30. The summed E-state index contributed by atoms with van der Waals surface area (Å²) in [6, 6.07) is 18.3. The van der Waals surface area contributed by atoms with Crippen molar-refractivity contribution in [1.82, 2.24) is 5.32 Å². The Hall–Kier alpha value is -1.84. The van der Waals surface area contributed by atoms with Crippen LogP contribution in [0.1, 0.15) is 49.7 Å². The summed E-state index contributed by atoms with van der Waals surface area (Å²) in [6.45, 7) is 2.07. The standard InChI is InChI=1S/C22H27ClN2O/c1-16(25-21(26)22(24)13-5-6-14-22)20(18-7-3-2-4-8-18)15-17-9-11-19(23)12-10-17/h2-4,7-12,16,20H,5-6,13-15,24H2,1H3,(H,25,26). The van der Waals surface area contributed by atoms with Gasteiger partial charge in [-0.1, -0.05) is 66.9 Å². The van der Waals surface area contributed by atoms with Gasteiger partial charge < -0.3 is 11.1 Å². The fourth-order valence-electron chi connectivity index (χ4n) is 3.84. The Balaban J connectivity index is 1.78. The molecule has 1 fully saturated rings. The van der Waals surface area contributed by atoms with Crippen LogP contribution in [0.4, 0.5) is 0 Å². The predicted octanol–water partition coefficient (Wildman–Crippen LogP) is 4.44. The van der Waals surface area contributed by atoms with Gasteiger partial charge in [-0.25, -0.2) is 0 Å². The van der Waals surface area contributed by atoms with Gasteiger partial charge in [0.15, 0.2) is 0 Å². The molecule has 0 spiro atoms. The third kappa shape index (κ3) is 4.46. The van der Waals surface area contributed by atoms with Gasteiger partial charge in [0.25, 0.3) is 0 Å². The van der Waals surface area contributed by atoms with Gasteiger partial charge in [-0.2, -0.15) is 0 Å². The Labute approximate surface area is 160 Å². The van der Waals surface area contributed by atoms with Gasteiger partial charge in [0.05, 0.1) is 5.54 Å². The fourth-order valence-corrected chi connectivity index (χ4v) is 3.97. The molecular formula is C22H27ClN2O. The highest BCUT2D eigenvalue weighted by Gasteiger charge is 2.38. The van der Waals surface area contributed by atoms with Crippen molar-refractivity contribution in [3.05, 3.63) is 70.7 Å². The van der Waals surface area contributed by atoms with Gasteiger partial charge in [0.1, 0.15) is 0 Å². The van der Waals surface area contributed by atoms with Crippen LogP contribution in [0.15, 0.2) is 54.6 Å². The van der Waals surface area contributed by atoms with Gasteiger partial charge in [-0.05, 0) is 49.4 Å². The first kappa shape index (κ1) is 18.9. The van der Waals surface area contributed by atoms with Gasteiger partial charge >= 0.3 is 0 Å². The van der Waals surface area contributed by atoms with Crippen LogP contribution >= 0.6 is 11.6 Å². The number of hydrogen-bond donors (Lipinski definition) is 2. The van der Waals surface area contributed by atoms with E-state index in [-0.39, 0.29) is 17.9 Å². The van der Waals surface area contributed by atoms with Crippen molar-refractivity contribution in [2.24, 2.45) is 5.73 Å². The molecule has 1 amide bonds. The zero-order valence-electron chi connectivity index (χ0n) is 15.2. The number of hydrogen-bond acceptors (Lipinski definition) is 2. The van der Waals surface area contributed by atoms with E-state index in [1.807, 2.05) is 42.5 Å². The number of halogens is 1. The van der Waals surface area contributed by atoms with Gasteiger partial charge in [-0.3, -0.25) is 4.79 Å². The van der Waals surface area contributed by atoms with E-state index in [9.17, 15) is 4.79 Å². The maximum absolute atomic E-state index is 12.8. The summed E-state index contributed by atoms with van der Waals surface area (Å²) in [5.41, 5.74) is 8.05. The number of rotatable bonds is 6. The molecule has 2 atom stereocenters. The molecule has 2 aromatic carbocycles. The van der Waals surface area contributed by atoms with Crippen molar-refractivity contribution in [3.8, 4) is 0 Å². The smallest absolute Gasteiger partial charge is 0.240 e. The molecule has 0 saturated heterocycles. The Morgan fingerprint density at radius 2 is 1.73 bits per heavy atom. The summed E-state index contributed by atoms with van der Waals surface area (Å²) in [5.74, 6) is 0.158. The molecular weight excluding hydrogens is 344 g/mol. The maximum Gasteiger partial charge on any atom is 0.240 e. The van der Waals surface area contributed by atoms with E-state index >= 15 is 0 Å². The SMILES string of the molecule is CC(NC(=O)C1(N)CCCC1)C(Cc1ccc(Cl)cc1)c1ccccc1. The molecule has 4 heteroatoms. The lowest BCUT2D eigenvalue weighted by Gasteiger charge is -2.30. The summed E-state index contributed by atoms with van der Waals surface area (Å²) < 4.78 is 0. The summed E-state index contributed by atoms with van der Waals surface area (Å²) in [7, 11) is 0. The molecule has 2 unspecified atom stereocenters. The van der Waals surface area contributed by atoms with Crippen molar-refractivity contribution in [3.63, 3.8) is 0 Å². The minimum atomic E-state index is -0.699. The Morgan fingerprint density at radius 1 is 1.12 bits per heavy atom. The molecule has 0 bridgehead atoms. The molecule has 26 heavy (non-hydrogen) atoms. The van der Waals surface area contributed by atoms with Crippen LogP contribution in [-0.2, 0) is 11.2 Å². The summed E-state index contributed by atoms with van der Waals surface area (Å²) in [5, 5.41) is 3.94. The fraction of sp³-hybridized carbons (Fsp3) is 0.409. The van der Waals surface area contributed by atoms with Crippen LogP contribution < -0.4 is 11.1 Å².